The molecule has 6 heteroatoms. The summed E-state index contributed by atoms with van der Waals surface area (Å²) in [6, 6.07) is 10.9. The Labute approximate surface area is 156 Å². The van der Waals surface area contributed by atoms with E-state index in [-0.39, 0.29) is 40.9 Å². The first-order valence-electron chi connectivity index (χ1n) is 6.49. The van der Waals surface area contributed by atoms with E-state index in [4.69, 9.17) is 9.47 Å². The van der Waals surface area contributed by atoms with Crippen molar-refractivity contribution in [2.75, 3.05) is 14.2 Å². The molecule has 2 aromatic carbocycles. The third kappa shape index (κ3) is 5.03. The zero-order chi connectivity index (χ0) is 16.1. The molecule has 0 amide bonds. The number of methoxy groups -OCH3 is 2. The molecule has 0 unspecified atom stereocenters. The number of phenolic OH excluding ortho intramolecular Hbond substituents is 1. The molecule has 0 saturated carbocycles. The first-order chi connectivity index (χ1) is 10.5. The molecule has 0 fully saturated rings. The van der Waals surface area contributed by atoms with Crippen LogP contribution in [-0.2, 0) is 4.79 Å². The van der Waals surface area contributed by atoms with E-state index >= 15 is 0 Å². The number of aromatic hydroxyl groups is 1. The second-order valence-corrected chi connectivity index (χ2v) is 4.54. The number of carbonyl (C=O) groups excluding carboxylic acids is 1. The van der Waals surface area contributed by atoms with E-state index in [1.165, 1.54) is 44.6 Å². The molecule has 23 heavy (non-hydrogen) atoms. The molecular weight excluding hydrogens is 307 g/mol. The van der Waals surface area contributed by atoms with Gasteiger partial charge in [0, 0.05) is 11.6 Å². The third-order valence-corrected chi connectivity index (χ3v) is 3.08. The number of ether oxygens (including phenoxy) is 2. The first kappa shape index (κ1) is 19.1. The van der Waals surface area contributed by atoms with Crippen LogP contribution in [-0.4, -0.2) is 25.3 Å². The summed E-state index contributed by atoms with van der Waals surface area (Å²) in [5.74, 6) is -0.153. The molecule has 0 heterocycles. The van der Waals surface area contributed by atoms with Crippen LogP contribution in [0.25, 0.3) is 11.6 Å². The Hall–Kier alpha value is -1.95. The smallest absolute Gasteiger partial charge is 0.545 e. The minimum atomic E-state index is -1.31. The molecule has 0 aromatic heterocycles. The van der Waals surface area contributed by atoms with Crippen LogP contribution in [0, 0.1) is 0 Å². The van der Waals surface area contributed by atoms with Gasteiger partial charge >= 0.3 is 29.6 Å². The standard InChI is InChI=1S/C17H16O5.Na/c1-21-14-7-11(8-15(10-14)22-2)9-16(17(19)20)12-3-5-13(18)6-4-12;/h3-10,18H,1-2H3,(H,19,20);/q;+1/p-1/b16-9+;. The number of carboxylic acids is 1. The molecule has 5 nitrogen and oxygen atoms in total. The van der Waals surface area contributed by atoms with Gasteiger partial charge in [-0.05, 0) is 41.5 Å². The predicted molar refractivity (Wildman–Crippen MR) is 80.5 cm³/mol. The van der Waals surface area contributed by atoms with Gasteiger partial charge in [0.2, 0.25) is 0 Å². The van der Waals surface area contributed by atoms with E-state index in [1.807, 2.05) is 0 Å². The average molecular weight is 322 g/mol. The topological polar surface area (TPSA) is 78.8 Å². The van der Waals surface area contributed by atoms with Crippen molar-refractivity contribution in [2.45, 2.75) is 0 Å². The van der Waals surface area contributed by atoms with Gasteiger partial charge in [-0.3, -0.25) is 0 Å². The summed E-state index contributed by atoms with van der Waals surface area (Å²) in [7, 11) is 3.03. The van der Waals surface area contributed by atoms with Gasteiger partial charge in [0.05, 0.1) is 20.2 Å². The summed E-state index contributed by atoms with van der Waals surface area (Å²) in [5.41, 5.74) is 1.03. The molecule has 0 atom stereocenters. The SMILES string of the molecule is COc1cc(/C=C(/C(=O)[O-])c2ccc(O)cc2)cc(OC)c1.[Na+]. The van der Waals surface area contributed by atoms with Crippen LogP contribution in [0.15, 0.2) is 42.5 Å². The Balaban J connectivity index is 0.00000264. The molecule has 1 N–H and O–H groups in total. The van der Waals surface area contributed by atoms with Crippen LogP contribution in [0.4, 0.5) is 0 Å². The number of carbonyl (C=O) groups is 1. The summed E-state index contributed by atoms with van der Waals surface area (Å²) >= 11 is 0. The zero-order valence-corrected chi connectivity index (χ0v) is 15.2. The Morgan fingerprint density at radius 1 is 1.04 bits per heavy atom. The fourth-order valence-corrected chi connectivity index (χ4v) is 1.98. The Bertz CT molecular complexity index is 685. The molecule has 2 rings (SSSR count). The second kappa shape index (κ2) is 8.62. The van der Waals surface area contributed by atoms with Gasteiger partial charge in [-0.25, -0.2) is 0 Å². The fourth-order valence-electron chi connectivity index (χ4n) is 1.98. The van der Waals surface area contributed by atoms with E-state index in [9.17, 15) is 15.0 Å². The maximum absolute atomic E-state index is 11.4. The van der Waals surface area contributed by atoms with Crippen LogP contribution in [0.2, 0.25) is 0 Å². The molecular formula is C17H15NaO5. The molecule has 0 aliphatic rings. The monoisotopic (exact) mass is 322 g/mol. The summed E-state index contributed by atoms with van der Waals surface area (Å²) in [6.07, 6.45) is 1.47. The van der Waals surface area contributed by atoms with E-state index in [0.29, 0.717) is 22.6 Å². The van der Waals surface area contributed by atoms with Crippen molar-refractivity contribution >= 4 is 17.6 Å². The van der Waals surface area contributed by atoms with Crippen molar-refractivity contribution in [3.63, 3.8) is 0 Å². The van der Waals surface area contributed by atoms with Crippen molar-refractivity contribution < 1.29 is 54.0 Å². The molecule has 0 bridgehead atoms. The quantitative estimate of drug-likeness (QED) is 0.421. The van der Waals surface area contributed by atoms with E-state index in [1.54, 1.807) is 18.2 Å². The first-order valence-corrected chi connectivity index (χ1v) is 6.49. The van der Waals surface area contributed by atoms with E-state index in [0.717, 1.165) is 0 Å². The van der Waals surface area contributed by atoms with Crippen molar-refractivity contribution in [1.82, 2.24) is 0 Å². The van der Waals surface area contributed by atoms with Crippen molar-refractivity contribution in [1.29, 1.82) is 0 Å². The van der Waals surface area contributed by atoms with Gasteiger partial charge in [0.15, 0.2) is 0 Å². The van der Waals surface area contributed by atoms with Crippen molar-refractivity contribution in [2.24, 2.45) is 0 Å². The van der Waals surface area contributed by atoms with Gasteiger partial charge < -0.3 is 24.5 Å². The molecule has 2 aromatic rings. The summed E-state index contributed by atoms with van der Waals surface area (Å²) in [6.45, 7) is 0. The summed E-state index contributed by atoms with van der Waals surface area (Å²) < 4.78 is 10.3. The predicted octanol–water partition coefficient (Wildman–Crippen LogP) is -1.30. The third-order valence-electron chi connectivity index (χ3n) is 3.08. The fraction of sp³-hybridized carbons (Fsp3) is 0.118. The van der Waals surface area contributed by atoms with Gasteiger partial charge in [-0.1, -0.05) is 12.1 Å². The van der Waals surface area contributed by atoms with Gasteiger partial charge in [0.25, 0.3) is 0 Å². The molecule has 0 radical (unpaired) electrons. The van der Waals surface area contributed by atoms with E-state index < -0.39 is 5.97 Å². The maximum Gasteiger partial charge on any atom is 1.00 e. The van der Waals surface area contributed by atoms with Crippen LogP contribution in [0.1, 0.15) is 11.1 Å². The van der Waals surface area contributed by atoms with Crippen LogP contribution < -0.4 is 44.1 Å². The number of hydrogen-bond acceptors (Lipinski definition) is 5. The summed E-state index contributed by atoms with van der Waals surface area (Å²) in [5, 5.41) is 20.7. The van der Waals surface area contributed by atoms with Crippen LogP contribution in [0.3, 0.4) is 0 Å². The second-order valence-electron chi connectivity index (χ2n) is 4.54. The van der Waals surface area contributed by atoms with Gasteiger partial charge in [-0.2, -0.15) is 0 Å². The molecule has 114 valence electrons. The maximum atomic E-state index is 11.4. The minimum absolute atomic E-state index is 0. The molecule has 0 aliphatic carbocycles. The molecule has 0 aliphatic heterocycles. The average Bonchev–Trinajstić information content (AvgIpc) is 2.53. The van der Waals surface area contributed by atoms with Gasteiger partial charge in [-0.15, -0.1) is 0 Å². The number of aliphatic carboxylic acids is 1. The zero-order valence-electron chi connectivity index (χ0n) is 13.2. The number of phenols is 1. The van der Waals surface area contributed by atoms with Gasteiger partial charge in [0.1, 0.15) is 17.2 Å². The Morgan fingerprint density at radius 2 is 1.57 bits per heavy atom. The molecule has 0 saturated heterocycles. The van der Waals surface area contributed by atoms with Crippen LogP contribution in [0.5, 0.6) is 17.2 Å². The number of rotatable bonds is 5. The van der Waals surface area contributed by atoms with E-state index in [2.05, 4.69) is 0 Å². The van der Waals surface area contributed by atoms with Crippen molar-refractivity contribution in [3.05, 3.63) is 53.6 Å². The number of carboxylic acid groups (broad SMARTS) is 1. The summed E-state index contributed by atoms with van der Waals surface area (Å²) in [4.78, 5) is 11.4. The molecule has 0 spiro atoms. The largest absolute Gasteiger partial charge is 1.00 e. The normalized spacial score (nSPS) is 10.6. The number of benzene rings is 2. The van der Waals surface area contributed by atoms with Crippen LogP contribution >= 0.6 is 0 Å². The Morgan fingerprint density at radius 3 is 2.00 bits per heavy atom. The Kier molecular flexibility index (Phi) is 7.16. The number of hydrogen-bond donors (Lipinski definition) is 1. The van der Waals surface area contributed by atoms with Crippen molar-refractivity contribution in [3.8, 4) is 17.2 Å². The minimum Gasteiger partial charge on any atom is -0.545 e.